The monoisotopic (exact) mass is 455 g/mol. The molecule has 145 valence electrons. The van der Waals surface area contributed by atoms with Crippen LogP contribution in [-0.2, 0) is 12.1 Å². The fraction of sp³-hybridized carbons (Fsp3) is 0. The van der Waals surface area contributed by atoms with Crippen molar-refractivity contribution in [3.8, 4) is 0 Å². The first-order chi connectivity index (χ1) is 14.3. The second kappa shape index (κ2) is 8.29. The normalized spacial score (nSPS) is 11.9. The van der Waals surface area contributed by atoms with Crippen LogP contribution >= 0.6 is 16.9 Å². The van der Waals surface area contributed by atoms with E-state index in [1.807, 2.05) is 0 Å². The standard InChI is InChI=1S/C14H9.C12H10P.ClH.Ni/c1-2-6-12-10-14-8-4-3-7-13(14)9-11(12)5-1;1-3-7-11(8-4-1)13-12-9-5-2-6-10-12;;/h1-9H;1-10H;1H;/q;-1;;+2/p-1. The third kappa shape index (κ3) is 3.60. The molecule has 0 N–H and O–H groups in total. The van der Waals surface area contributed by atoms with Crippen molar-refractivity contribution < 1.29 is 12.1 Å². The van der Waals surface area contributed by atoms with Crippen molar-refractivity contribution in [2.24, 2.45) is 0 Å². The van der Waals surface area contributed by atoms with Crippen molar-refractivity contribution in [2.75, 3.05) is 0 Å². The maximum absolute atomic E-state index is 7.47. The molecule has 29 heavy (non-hydrogen) atoms. The Bertz CT molecular complexity index is 1180. The quantitative estimate of drug-likeness (QED) is 0.166. The molecule has 0 atom stereocenters. The first kappa shape index (κ1) is 18.8. The number of hydrogen-bond acceptors (Lipinski definition) is 0. The van der Waals surface area contributed by atoms with Gasteiger partial charge >= 0.3 is 181 Å². The average Bonchev–Trinajstić information content (AvgIpc) is 2.79. The Balaban J connectivity index is 1.80. The number of halogens is 1. The van der Waals surface area contributed by atoms with Gasteiger partial charge in [0.1, 0.15) is 0 Å². The van der Waals surface area contributed by atoms with Gasteiger partial charge < -0.3 is 0 Å². The van der Waals surface area contributed by atoms with Crippen LogP contribution in [0, 0.1) is 0 Å². The number of benzene rings is 5. The molecule has 0 spiro atoms. The van der Waals surface area contributed by atoms with Gasteiger partial charge in [0.05, 0.1) is 0 Å². The zero-order valence-electron chi connectivity index (χ0n) is 15.6. The van der Waals surface area contributed by atoms with Gasteiger partial charge in [-0.15, -0.1) is 0 Å². The predicted molar refractivity (Wildman–Crippen MR) is 126 cm³/mol. The first-order valence-electron chi connectivity index (χ1n) is 9.42. The van der Waals surface area contributed by atoms with Crippen molar-refractivity contribution in [3.05, 3.63) is 115 Å². The first-order valence-corrected chi connectivity index (χ1v) is 13.8. The predicted octanol–water partition coefficient (Wildman–Crippen LogP) is 6.44. The minimum absolute atomic E-state index is 0.661. The fourth-order valence-electron chi connectivity index (χ4n) is 3.53. The zero-order chi connectivity index (χ0) is 19.6. The van der Waals surface area contributed by atoms with Gasteiger partial charge in [-0.1, -0.05) is 0 Å². The van der Waals surface area contributed by atoms with Gasteiger partial charge in [-0.25, -0.2) is 0 Å². The third-order valence-corrected chi connectivity index (χ3v) is 12.6. The number of hydrogen-bond donors (Lipinski definition) is 0. The van der Waals surface area contributed by atoms with Crippen LogP contribution < -0.4 is 15.1 Å². The van der Waals surface area contributed by atoms with E-state index in [0.29, 0.717) is 0 Å². The van der Waals surface area contributed by atoms with E-state index in [1.54, 1.807) is 0 Å². The van der Waals surface area contributed by atoms with Crippen LogP contribution in [0.1, 0.15) is 0 Å². The van der Waals surface area contributed by atoms with Crippen LogP contribution in [-0.4, -0.2) is 0 Å². The molecule has 3 heteroatoms. The molecular weight excluding hydrogens is 437 g/mol. The molecule has 5 aromatic rings. The Hall–Kier alpha value is -2.17. The summed E-state index contributed by atoms with van der Waals surface area (Å²) >= 11 is -0.661. The van der Waals surface area contributed by atoms with Gasteiger partial charge in [-0.05, 0) is 0 Å². The molecule has 0 nitrogen and oxygen atoms in total. The van der Waals surface area contributed by atoms with Crippen LogP contribution in [0.5, 0.6) is 0 Å². The molecule has 0 radical (unpaired) electrons. The Kier molecular flexibility index (Phi) is 5.39. The number of fused-ring (bicyclic) bond motifs is 2. The van der Waals surface area contributed by atoms with E-state index in [1.165, 1.54) is 36.7 Å². The Morgan fingerprint density at radius 1 is 0.517 bits per heavy atom. The van der Waals surface area contributed by atoms with Gasteiger partial charge in [0, 0.05) is 0 Å². The molecule has 0 bridgehead atoms. The van der Waals surface area contributed by atoms with Crippen LogP contribution in [0.25, 0.3) is 21.5 Å². The summed E-state index contributed by atoms with van der Waals surface area (Å²) in [6.07, 6.45) is 0. The molecule has 0 saturated heterocycles. The van der Waals surface area contributed by atoms with E-state index < -0.39 is 18.8 Å². The van der Waals surface area contributed by atoms with Gasteiger partial charge in [0.15, 0.2) is 0 Å². The molecule has 5 rings (SSSR count). The molecule has 0 aliphatic carbocycles. The van der Waals surface area contributed by atoms with Crippen LogP contribution in [0.3, 0.4) is 0 Å². The second-order valence-electron chi connectivity index (χ2n) is 6.71. The van der Waals surface area contributed by atoms with Crippen molar-refractivity contribution in [3.63, 3.8) is 0 Å². The maximum atomic E-state index is 7.47. The molecule has 0 aromatic heterocycles. The zero-order valence-corrected chi connectivity index (χ0v) is 18.2. The topological polar surface area (TPSA) is 0 Å². The van der Waals surface area contributed by atoms with Gasteiger partial charge in [0.2, 0.25) is 0 Å². The summed E-state index contributed by atoms with van der Waals surface area (Å²) in [7, 11) is 7.47. The van der Waals surface area contributed by atoms with E-state index in [2.05, 4.69) is 115 Å². The summed E-state index contributed by atoms with van der Waals surface area (Å²) in [5.74, 6) is 0. The Labute approximate surface area is 180 Å². The van der Waals surface area contributed by atoms with Crippen molar-refractivity contribution in [1.29, 1.82) is 0 Å². The third-order valence-electron chi connectivity index (χ3n) is 4.86. The van der Waals surface area contributed by atoms with Gasteiger partial charge in [-0.3, -0.25) is 0 Å². The molecule has 0 aliphatic rings. The molecule has 0 aliphatic heterocycles. The molecular formula is C26H19ClNiP. The molecule has 5 aromatic carbocycles. The van der Waals surface area contributed by atoms with Crippen molar-refractivity contribution >= 4 is 53.6 Å². The molecule has 0 unspecified atom stereocenters. The fourth-order valence-corrected chi connectivity index (χ4v) is 11.6. The molecule has 0 saturated carbocycles. The molecule has 0 amide bonds. The van der Waals surface area contributed by atoms with E-state index in [0.717, 1.165) is 0 Å². The summed E-state index contributed by atoms with van der Waals surface area (Å²) in [5, 5.41) is 7.65. The van der Waals surface area contributed by atoms with Crippen molar-refractivity contribution in [1.82, 2.24) is 0 Å². The summed E-state index contributed by atoms with van der Waals surface area (Å²) in [5.41, 5.74) is 0. The summed E-state index contributed by atoms with van der Waals surface area (Å²) in [6.45, 7) is -0.728. The van der Waals surface area contributed by atoms with E-state index in [9.17, 15) is 0 Å². The van der Waals surface area contributed by atoms with E-state index in [4.69, 9.17) is 10.2 Å². The second-order valence-corrected chi connectivity index (χ2v) is 13.5. The minimum atomic E-state index is -0.728. The van der Waals surface area contributed by atoms with Crippen LogP contribution in [0.4, 0.5) is 0 Å². The van der Waals surface area contributed by atoms with E-state index >= 15 is 0 Å². The van der Waals surface area contributed by atoms with Crippen molar-refractivity contribution in [2.45, 2.75) is 0 Å². The summed E-state index contributed by atoms with van der Waals surface area (Å²) in [6, 6.07) is 41.0. The van der Waals surface area contributed by atoms with Crippen LogP contribution in [0.15, 0.2) is 115 Å². The summed E-state index contributed by atoms with van der Waals surface area (Å²) < 4.78 is 1.28. The molecule has 0 heterocycles. The van der Waals surface area contributed by atoms with Crippen LogP contribution in [0.2, 0.25) is 0 Å². The Morgan fingerprint density at radius 3 is 1.41 bits per heavy atom. The molecule has 0 fully saturated rings. The SMILES string of the molecule is [Cl][Ni]([c]1c2ccccc2cc2ccccc12)[P](c1ccccc1)c1ccccc1. The van der Waals surface area contributed by atoms with Gasteiger partial charge in [0.25, 0.3) is 0 Å². The van der Waals surface area contributed by atoms with Gasteiger partial charge in [-0.2, -0.15) is 0 Å². The average molecular weight is 457 g/mol. The van der Waals surface area contributed by atoms with E-state index in [-0.39, 0.29) is 0 Å². The Morgan fingerprint density at radius 2 is 0.931 bits per heavy atom. The summed E-state index contributed by atoms with van der Waals surface area (Å²) in [4.78, 5) is 0. The number of rotatable bonds is 4.